The number of hydrogen-bond donors (Lipinski definition) is 4. The Hall–Kier alpha value is -4.22. The van der Waals surface area contributed by atoms with Gasteiger partial charge < -0.3 is 30.4 Å². The second-order valence-corrected chi connectivity index (χ2v) is 9.69. The zero-order chi connectivity index (χ0) is 27.8. The predicted octanol–water partition coefficient (Wildman–Crippen LogP) is 0.993. The lowest BCUT2D eigenvalue weighted by molar-refractivity contribution is -0.140. The summed E-state index contributed by atoms with van der Waals surface area (Å²) in [6.07, 6.45) is 0.534. The Balaban J connectivity index is 1.65. The zero-order valence-corrected chi connectivity index (χ0v) is 21.8. The van der Waals surface area contributed by atoms with Crippen molar-refractivity contribution in [3.63, 3.8) is 0 Å². The van der Waals surface area contributed by atoms with Crippen molar-refractivity contribution in [1.82, 2.24) is 26.3 Å². The fraction of sp³-hybridized carbons (Fsp3) is 0.462. The summed E-state index contributed by atoms with van der Waals surface area (Å²) >= 11 is 0. The quantitative estimate of drug-likeness (QED) is 0.350. The Kier molecular flexibility index (Phi) is 9.58. The molecule has 1 aromatic heterocycles. The number of ketones is 1. The molecular formula is C26H33N5O7. The Bertz CT molecular complexity index is 1160. The maximum Gasteiger partial charge on any atom is 0.408 e. The van der Waals surface area contributed by atoms with E-state index in [1.807, 2.05) is 18.2 Å². The van der Waals surface area contributed by atoms with Crippen molar-refractivity contribution < 1.29 is 33.1 Å². The molecule has 0 aliphatic carbocycles. The van der Waals surface area contributed by atoms with Gasteiger partial charge in [-0.1, -0.05) is 58.0 Å². The van der Waals surface area contributed by atoms with Crippen molar-refractivity contribution in [3.05, 3.63) is 53.7 Å². The first-order valence-electron chi connectivity index (χ1n) is 12.4. The highest BCUT2D eigenvalue weighted by Crippen LogP contribution is 2.12. The fourth-order valence-corrected chi connectivity index (χ4v) is 3.79. The van der Waals surface area contributed by atoms with E-state index in [4.69, 9.17) is 9.15 Å². The highest BCUT2D eigenvalue weighted by atomic mass is 16.5. The maximum absolute atomic E-state index is 13.2. The number of nitrogens with one attached hydrogen (secondary N) is 4. The molecule has 1 aliphatic heterocycles. The fourth-order valence-electron chi connectivity index (χ4n) is 3.79. The van der Waals surface area contributed by atoms with Gasteiger partial charge in [-0.2, -0.15) is 0 Å². The number of amides is 4. The summed E-state index contributed by atoms with van der Waals surface area (Å²) in [6.45, 7) is 6.95. The lowest BCUT2D eigenvalue weighted by Crippen LogP contribution is -2.59. The lowest BCUT2D eigenvalue weighted by Gasteiger charge is -2.28. The van der Waals surface area contributed by atoms with Gasteiger partial charge in [0, 0.05) is 0 Å². The monoisotopic (exact) mass is 527 g/mol. The number of ether oxygens (including phenoxy) is 1. The molecule has 2 bridgehead atoms. The Morgan fingerprint density at radius 1 is 1.03 bits per heavy atom. The van der Waals surface area contributed by atoms with E-state index in [1.165, 1.54) is 6.20 Å². The van der Waals surface area contributed by atoms with Crippen LogP contribution in [0.15, 0.2) is 40.9 Å². The van der Waals surface area contributed by atoms with Crippen LogP contribution in [0.3, 0.4) is 0 Å². The van der Waals surface area contributed by atoms with Gasteiger partial charge in [-0.3, -0.25) is 19.2 Å². The number of nitrogens with zero attached hydrogens (tertiary/aromatic N) is 1. The minimum absolute atomic E-state index is 0.000288. The molecule has 0 spiro atoms. The number of alkyl carbamates (subject to hydrolysis) is 1. The van der Waals surface area contributed by atoms with Crippen LogP contribution in [-0.4, -0.2) is 52.7 Å². The van der Waals surface area contributed by atoms with Gasteiger partial charge in [0.05, 0.1) is 19.2 Å². The topological polar surface area (TPSA) is 169 Å². The van der Waals surface area contributed by atoms with Crippen LogP contribution in [0.25, 0.3) is 0 Å². The SMILES string of the molecule is CC(C)C(NC(=O)OCc1ccccc1)C(=O)NC(C(=O)NC1Cc2ncc(o2)CNC(=O)C1=O)C(C)C. The zero-order valence-electron chi connectivity index (χ0n) is 21.8. The molecule has 12 heteroatoms. The van der Waals surface area contributed by atoms with Crippen LogP contribution in [0.2, 0.25) is 0 Å². The van der Waals surface area contributed by atoms with E-state index in [1.54, 1.807) is 39.8 Å². The van der Waals surface area contributed by atoms with E-state index >= 15 is 0 Å². The van der Waals surface area contributed by atoms with Crippen molar-refractivity contribution in [1.29, 1.82) is 0 Å². The third-order valence-electron chi connectivity index (χ3n) is 5.94. The molecule has 3 rings (SSSR count). The molecule has 204 valence electrons. The van der Waals surface area contributed by atoms with Gasteiger partial charge >= 0.3 is 6.09 Å². The first-order chi connectivity index (χ1) is 18.0. The first-order valence-corrected chi connectivity index (χ1v) is 12.4. The number of Topliss-reactive ketones (excluding diaryl/α,β-unsaturated/α-hetero) is 1. The second-order valence-electron chi connectivity index (χ2n) is 9.69. The van der Waals surface area contributed by atoms with Crippen LogP contribution >= 0.6 is 0 Å². The smallest absolute Gasteiger partial charge is 0.408 e. The molecule has 4 amide bonds. The number of carbonyl (C=O) groups excluding carboxylic acids is 5. The molecule has 0 saturated heterocycles. The van der Waals surface area contributed by atoms with Gasteiger partial charge in [-0.25, -0.2) is 9.78 Å². The van der Waals surface area contributed by atoms with Gasteiger partial charge in [0.2, 0.25) is 17.6 Å². The highest BCUT2D eigenvalue weighted by molar-refractivity contribution is 6.38. The van der Waals surface area contributed by atoms with E-state index in [-0.39, 0.29) is 37.3 Å². The summed E-state index contributed by atoms with van der Waals surface area (Å²) in [7, 11) is 0. The van der Waals surface area contributed by atoms with Crippen molar-refractivity contribution in [2.75, 3.05) is 0 Å². The third kappa shape index (κ3) is 7.64. The molecule has 2 heterocycles. The molecule has 0 fully saturated rings. The number of oxazole rings is 1. The summed E-state index contributed by atoms with van der Waals surface area (Å²) < 4.78 is 10.7. The van der Waals surface area contributed by atoms with Crippen LogP contribution < -0.4 is 21.3 Å². The average molecular weight is 528 g/mol. The van der Waals surface area contributed by atoms with E-state index in [2.05, 4.69) is 26.3 Å². The van der Waals surface area contributed by atoms with E-state index in [0.29, 0.717) is 5.76 Å². The molecule has 0 saturated carbocycles. The molecular weight excluding hydrogens is 494 g/mol. The van der Waals surface area contributed by atoms with Crippen molar-refractivity contribution in [2.24, 2.45) is 11.8 Å². The van der Waals surface area contributed by atoms with Crippen LogP contribution in [0, 0.1) is 11.8 Å². The molecule has 1 aromatic carbocycles. The molecule has 3 unspecified atom stereocenters. The summed E-state index contributed by atoms with van der Waals surface area (Å²) in [5.41, 5.74) is 0.791. The minimum atomic E-state index is -1.24. The molecule has 12 nitrogen and oxygen atoms in total. The van der Waals surface area contributed by atoms with Gasteiger partial charge in [0.25, 0.3) is 5.91 Å². The van der Waals surface area contributed by atoms with Crippen LogP contribution in [0.4, 0.5) is 4.79 Å². The summed E-state index contributed by atoms with van der Waals surface area (Å²) in [6, 6.07) is 5.80. The maximum atomic E-state index is 13.2. The molecule has 38 heavy (non-hydrogen) atoms. The third-order valence-corrected chi connectivity index (χ3v) is 5.94. The van der Waals surface area contributed by atoms with E-state index in [9.17, 15) is 24.0 Å². The Labute approximate surface area is 220 Å². The van der Waals surface area contributed by atoms with Gasteiger partial charge in [-0.15, -0.1) is 0 Å². The van der Waals surface area contributed by atoms with Gasteiger partial charge in [0.15, 0.2) is 5.89 Å². The van der Waals surface area contributed by atoms with Crippen molar-refractivity contribution in [3.8, 4) is 0 Å². The summed E-state index contributed by atoms with van der Waals surface area (Å²) in [5.74, 6) is -3.11. The van der Waals surface area contributed by atoms with Crippen LogP contribution in [0.1, 0.15) is 44.9 Å². The predicted molar refractivity (Wildman–Crippen MR) is 134 cm³/mol. The molecule has 2 aromatic rings. The molecule has 1 aliphatic rings. The van der Waals surface area contributed by atoms with Crippen LogP contribution in [0.5, 0.6) is 0 Å². The number of hydrogen-bond acceptors (Lipinski definition) is 8. The number of benzene rings is 1. The highest BCUT2D eigenvalue weighted by Gasteiger charge is 2.35. The Morgan fingerprint density at radius 3 is 2.34 bits per heavy atom. The van der Waals surface area contributed by atoms with Crippen molar-refractivity contribution in [2.45, 2.75) is 65.4 Å². The molecule has 3 atom stereocenters. The largest absolute Gasteiger partial charge is 0.445 e. The van der Waals surface area contributed by atoms with E-state index in [0.717, 1.165) is 5.56 Å². The lowest BCUT2D eigenvalue weighted by atomic mass is 9.99. The molecule has 0 radical (unpaired) electrons. The average Bonchev–Trinajstić information content (AvgIpc) is 3.35. The number of aromatic nitrogens is 1. The van der Waals surface area contributed by atoms with Gasteiger partial charge in [-0.05, 0) is 17.4 Å². The minimum Gasteiger partial charge on any atom is -0.445 e. The summed E-state index contributed by atoms with van der Waals surface area (Å²) in [4.78, 5) is 67.6. The summed E-state index contributed by atoms with van der Waals surface area (Å²) in [5, 5.41) is 10.2. The second kappa shape index (κ2) is 12.8. The standard InChI is InChI=1S/C26H33N5O7/c1-14(2)20(23(33)29-18-10-19-27-11-17(38-19)12-28-25(35)22(18)32)30-24(34)21(15(3)4)31-26(36)37-13-16-8-6-5-7-9-16/h5-9,11,14-15,18,20-21H,10,12-13H2,1-4H3,(H,28,35)(H,29,33)(H,30,34)(H,31,36). The first kappa shape index (κ1) is 28.4. The normalized spacial score (nSPS) is 16.9. The van der Waals surface area contributed by atoms with Gasteiger partial charge in [0.1, 0.15) is 30.5 Å². The number of carbonyl (C=O) groups is 5. The van der Waals surface area contributed by atoms with Crippen molar-refractivity contribution >= 4 is 29.6 Å². The number of rotatable bonds is 9. The molecule has 4 N–H and O–H groups in total. The van der Waals surface area contributed by atoms with E-state index < -0.39 is 47.7 Å². The Morgan fingerprint density at radius 2 is 1.68 bits per heavy atom. The number of fused-ring (bicyclic) bond motifs is 2. The van der Waals surface area contributed by atoms with Crippen LogP contribution in [-0.2, 0) is 43.5 Å².